The van der Waals surface area contributed by atoms with E-state index >= 15 is 0 Å². The number of amides is 1. The number of aryl methyl sites for hydroxylation is 1. The molecule has 3 N–H and O–H groups in total. The Morgan fingerprint density at radius 2 is 2.50 bits per heavy atom. The molecule has 1 aromatic rings. The van der Waals surface area contributed by atoms with E-state index in [4.69, 9.17) is 23.8 Å². The number of halogens is 1. The smallest absolute Gasteiger partial charge is 0.242 e. The normalized spacial score (nSPS) is 11.6. The number of anilines is 1. The maximum Gasteiger partial charge on any atom is 0.242 e. The van der Waals surface area contributed by atoms with Crippen LogP contribution in [0.15, 0.2) is 12.3 Å². The molecule has 0 aromatic carbocycles. The van der Waals surface area contributed by atoms with Crippen LogP contribution in [0, 0.1) is 19.3 Å². The zero-order chi connectivity index (χ0) is 12.1. The molecule has 1 aromatic heterocycles. The molecule has 0 aliphatic rings. The molecule has 0 spiro atoms. The van der Waals surface area contributed by atoms with Gasteiger partial charge in [-0.3, -0.25) is 4.79 Å². The molecule has 0 bridgehead atoms. The predicted octanol–water partition coefficient (Wildman–Crippen LogP) is 1.33. The summed E-state index contributed by atoms with van der Waals surface area (Å²) in [7, 11) is 0. The van der Waals surface area contributed by atoms with Crippen molar-refractivity contribution in [2.24, 2.45) is 5.73 Å². The summed E-state index contributed by atoms with van der Waals surface area (Å²) in [6.45, 7) is 1.85. The number of nitrogens with one attached hydrogen (secondary N) is 1. The van der Waals surface area contributed by atoms with Gasteiger partial charge < -0.3 is 11.1 Å². The van der Waals surface area contributed by atoms with Gasteiger partial charge >= 0.3 is 0 Å². The van der Waals surface area contributed by atoms with Crippen molar-refractivity contribution in [2.45, 2.75) is 19.4 Å². The molecule has 1 unspecified atom stereocenters. The highest BCUT2D eigenvalue weighted by atomic mass is 35.5. The highest BCUT2D eigenvalue weighted by Gasteiger charge is 2.13. The van der Waals surface area contributed by atoms with Crippen molar-refractivity contribution >= 4 is 23.2 Å². The van der Waals surface area contributed by atoms with Crippen LogP contribution in [0.2, 0.25) is 5.15 Å². The highest BCUT2D eigenvalue weighted by molar-refractivity contribution is 6.32. The van der Waals surface area contributed by atoms with Crippen LogP contribution in [0.25, 0.3) is 0 Å². The van der Waals surface area contributed by atoms with E-state index in [2.05, 4.69) is 16.2 Å². The van der Waals surface area contributed by atoms with Gasteiger partial charge in [0.25, 0.3) is 0 Å². The van der Waals surface area contributed by atoms with E-state index in [0.29, 0.717) is 5.69 Å². The molecule has 16 heavy (non-hydrogen) atoms. The van der Waals surface area contributed by atoms with E-state index in [1.165, 1.54) is 0 Å². The van der Waals surface area contributed by atoms with Gasteiger partial charge in [-0.2, -0.15) is 0 Å². The minimum Gasteiger partial charge on any atom is -0.322 e. The average Bonchev–Trinajstić information content (AvgIpc) is 2.23. The third kappa shape index (κ3) is 3.23. The Hall–Kier alpha value is -1.57. The number of hydrogen-bond acceptors (Lipinski definition) is 3. The molecule has 1 heterocycles. The number of carbonyl (C=O) groups is 1. The Labute approximate surface area is 99.2 Å². The molecule has 4 nitrogen and oxygen atoms in total. The van der Waals surface area contributed by atoms with Crippen molar-refractivity contribution in [1.82, 2.24) is 4.98 Å². The van der Waals surface area contributed by atoms with Gasteiger partial charge in [-0.15, -0.1) is 12.3 Å². The molecule has 5 heteroatoms. The van der Waals surface area contributed by atoms with E-state index in [0.717, 1.165) is 5.56 Å². The molecule has 0 aliphatic carbocycles. The summed E-state index contributed by atoms with van der Waals surface area (Å²) in [6, 6.07) is 0.983. The van der Waals surface area contributed by atoms with Crippen LogP contribution in [-0.2, 0) is 4.79 Å². The Kier molecular flexibility index (Phi) is 4.29. The Morgan fingerprint density at radius 3 is 3.12 bits per heavy atom. The average molecular weight is 238 g/mol. The molecule has 1 rings (SSSR count). The molecule has 0 aliphatic heterocycles. The Balaban J connectivity index is 2.77. The molecule has 0 fully saturated rings. The second-order valence-corrected chi connectivity index (χ2v) is 3.71. The summed E-state index contributed by atoms with van der Waals surface area (Å²) >= 11 is 5.82. The van der Waals surface area contributed by atoms with E-state index in [9.17, 15) is 4.79 Å². The standard InChI is InChI=1S/C11H12ClN3O/c1-3-4-8(13)11(16)15-9-5-7(2)6-14-10(9)12/h1,5-6,8H,4,13H2,2H3,(H,15,16). The predicted molar refractivity (Wildman–Crippen MR) is 64.0 cm³/mol. The first kappa shape index (κ1) is 12.5. The van der Waals surface area contributed by atoms with Gasteiger partial charge in [0.2, 0.25) is 5.91 Å². The van der Waals surface area contributed by atoms with Crippen LogP contribution >= 0.6 is 11.6 Å². The van der Waals surface area contributed by atoms with Crippen molar-refractivity contribution in [3.8, 4) is 12.3 Å². The Bertz CT molecular complexity index is 439. The summed E-state index contributed by atoms with van der Waals surface area (Å²) in [6.07, 6.45) is 6.86. The molecule has 0 saturated carbocycles. The second-order valence-electron chi connectivity index (χ2n) is 3.36. The molecular weight excluding hydrogens is 226 g/mol. The van der Waals surface area contributed by atoms with Crippen LogP contribution in [0.4, 0.5) is 5.69 Å². The monoisotopic (exact) mass is 237 g/mol. The maximum atomic E-state index is 11.5. The van der Waals surface area contributed by atoms with Gasteiger partial charge in [0.15, 0.2) is 5.15 Å². The second kappa shape index (κ2) is 5.50. The minimum atomic E-state index is -0.735. The Morgan fingerprint density at radius 1 is 1.81 bits per heavy atom. The molecule has 84 valence electrons. The maximum absolute atomic E-state index is 11.5. The summed E-state index contributed by atoms with van der Waals surface area (Å²) in [5.41, 5.74) is 6.88. The largest absolute Gasteiger partial charge is 0.322 e. The minimum absolute atomic E-state index is 0.183. The topological polar surface area (TPSA) is 68.0 Å². The number of carbonyl (C=O) groups excluding carboxylic acids is 1. The fourth-order valence-electron chi connectivity index (χ4n) is 1.09. The van der Waals surface area contributed by atoms with Gasteiger partial charge in [0.1, 0.15) is 0 Å². The van der Waals surface area contributed by atoms with E-state index in [1.54, 1.807) is 12.3 Å². The third-order valence-corrected chi connectivity index (χ3v) is 2.21. The van der Waals surface area contributed by atoms with E-state index in [-0.39, 0.29) is 17.5 Å². The number of aromatic nitrogens is 1. The molecule has 0 saturated heterocycles. The van der Waals surface area contributed by atoms with Crippen molar-refractivity contribution in [3.05, 3.63) is 23.0 Å². The van der Waals surface area contributed by atoms with Crippen molar-refractivity contribution in [2.75, 3.05) is 5.32 Å². The summed E-state index contributed by atoms with van der Waals surface area (Å²) in [5.74, 6) is 1.96. The molecule has 1 amide bonds. The summed E-state index contributed by atoms with van der Waals surface area (Å²) in [4.78, 5) is 15.5. The van der Waals surface area contributed by atoms with Crippen LogP contribution in [0.3, 0.4) is 0 Å². The van der Waals surface area contributed by atoms with Crippen molar-refractivity contribution in [3.63, 3.8) is 0 Å². The van der Waals surface area contributed by atoms with Gasteiger partial charge in [0.05, 0.1) is 11.7 Å². The molecular formula is C11H12ClN3O. The fraction of sp³-hybridized carbons (Fsp3) is 0.273. The fourth-order valence-corrected chi connectivity index (χ4v) is 1.24. The number of nitrogens with zero attached hydrogens (tertiary/aromatic N) is 1. The lowest BCUT2D eigenvalue weighted by atomic mass is 10.2. The highest BCUT2D eigenvalue weighted by Crippen LogP contribution is 2.19. The third-order valence-electron chi connectivity index (χ3n) is 1.91. The zero-order valence-electron chi connectivity index (χ0n) is 8.83. The lowest BCUT2D eigenvalue weighted by molar-refractivity contribution is -0.117. The zero-order valence-corrected chi connectivity index (χ0v) is 9.58. The number of hydrogen-bond donors (Lipinski definition) is 2. The van der Waals surface area contributed by atoms with Crippen LogP contribution in [0.5, 0.6) is 0 Å². The summed E-state index contributed by atoms with van der Waals surface area (Å²) < 4.78 is 0. The quantitative estimate of drug-likeness (QED) is 0.616. The van der Waals surface area contributed by atoms with Gasteiger partial charge in [-0.25, -0.2) is 4.98 Å². The summed E-state index contributed by atoms with van der Waals surface area (Å²) in [5, 5.41) is 2.81. The van der Waals surface area contributed by atoms with E-state index < -0.39 is 6.04 Å². The van der Waals surface area contributed by atoms with Gasteiger partial charge in [0, 0.05) is 12.6 Å². The van der Waals surface area contributed by atoms with E-state index in [1.807, 2.05) is 6.92 Å². The van der Waals surface area contributed by atoms with Crippen molar-refractivity contribution < 1.29 is 4.79 Å². The first-order valence-corrected chi connectivity index (χ1v) is 5.04. The van der Waals surface area contributed by atoms with Crippen LogP contribution in [-0.4, -0.2) is 16.9 Å². The molecule has 0 radical (unpaired) electrons. The molecule has 1 atom stereocenters. The lowest BCUT2D eigenvalue weighted by Gasteiger charge is -2.10. The number of nitrogens with two attached hydrogens (primary N) is 1. The SMILES string of the molecule is C#CCC(N)C(=O)Nc1cc(C)cnc1Cl. The first-order chi connectivity index (χ1) is 7.54. The van der Waals surface area contributed by atoms with Crippen LogP contribution in [0.1, 0.15) is 12.0 Å². The number of pyridine rings is 1. The van der Waals surface area contributed by atoms with Gasteiger partial charge in [-0.05, 0) is 18.6 Å². The van der Waals surface area contributed by atoms with Gasteiger partial charge in [-0.1, -0.05) is 11.6 Å². The van der Waals surface area contributed by atoms with Crippen LogP contribution < -0.4 is 11.1 Å². The van der Waals surface area contributed by atoms with Crippen molar-refractivity contribution in [1.29, 1.82) is 0 Å². The lowest BCUT2D eigenvalue weighted by Crippen LogP contribution is -2.35. The number of rotatable bonds is 3. The first-order valence-electron chi connectivity index (χ1n) is 4.66. The number of terminal acetylenes is 1.